The molecule has 2 heterocycles. The number of halogens is 2. The molecular formula is C14H8BrClN2OS2. The largest absolute Gasteiger partial charge is 0.283 e. The highest BCUT2D eigenvalue weighted by molar-refractivity contribution is 9.11. The van der Waals surface area contributed by atoms with E-state index in [-0.39, 0.29) is 5.91 Å². The van der Waals surface area contributed by atoms with Crippen molar-refractivity contribution in [3.8, 4) is 0 Å². The van der Waals surface area contributed by atoms with Crippen molar-refractivity contribution in [3.05, 3.63) is 55.0 Å². The molecule has 3 rings (SSSR count). The zero-order chi connectivity index (χ0) is 14.8. The minimum Gasteiger partial charge on any atom is -0.266 e. The van der Waals surface area contributed by atoms with Crippen LogP contribution < -0.4 is 5.43 Å². The van der Waals surface area contributed by atoms with Crippen LogP contribution in [-0.4, -0.2) is 12.1 Å². The number of fused-ring (bicyclic) bond motifs is 1. The third-order valence-electron chi connectivity index (χ3n) is 2.69. The van der Waals surface area contributed by atoms with Crippen LogP contribution in [0.2, 0.25) is 5.02 Å². The van der Waals surface area contributed by atoms with Crippen molar-refractivity contribution in [3.63, 3.8) is 0 Å². The molecule has 0 saturated heterocycles. The fraction of sp³-hybridized carbons (Fsp3) is 0. The first-order chi connectivity index (χ1) is 10.1. The fourth-order valence-corrected chi connectivity index (χ4v) is 4.47. The molecular weight excluding hydrogens is 392 g/mol. The van der Waals surface area contributed by atoms with Crippen LogP contribution in [0.4, 0.5) is 0 Å². The highest BCUT2D eigenvalue weighted by atomic mass is 79.9. The van der Waals surface area contributed by atoms with Gasteiger partial charge in [0.1, 0.15) is 4.88 Å². The number of rotatable bonds is 3. The summed E-state index contributed by atoms with van der Waals surface area (Å²) < 4.78 is 2.00. The third kappa shape index (κ3) is 3.18. The quantitative estimate of drug-likeness (QED) is 0.480. The number of hydrogen-bond donors (Lipinski definition) is 1. The maximum atomic E-state index is 12.1. The van der Waals surface area contributed by atoms with E-state index < -0.39 is 0 Å². The fourth-order valence-electron chi connectivity index (χ4n) is 1.76. The van der Waals surface area contributed by atoms with Crippen molar-refractivity contribution >= 4 is 72.4 Å². The average molecular weight is 400 g/mol. The molecule has 0 radical (unpaired) electrons. The minimum absolute atomic E-state index is 0.298. The van der Waals surface area contributed by atoms with Crippen molar-refractivity contribution in [2.45, 2.75) is 0 Å². The summed E-state index contributed by atoms with van der Waals surface area (Å²) in [6.07, 6.45) is 1.61. The first kappa shape index (κ1) is 14.7. The van der Waals surface area contributed by atoms with E-state index in [0.717, 1.165) is 18.7 Å². The maximum absolute atomic E-state index is 12.1. The van der Waals surface area contributed by atoms with E-state index in [1.54, 1.807) is 6.21 Å². The lowest BCUT2D eigenvalue weighted by molar-refractivity contribution is 0.0959. The summed E-state index contributed by atoms with van der Waals surface area (Å²) in [4.78, 5) is 13.5. The molecule has 0 spiro atoms. The lowest BCUT2D eigenvalue weighted by atomic mass is 10.2. The van der Waals surface area contributed by atoms with Gasteiger partial charge in [0.2, 0.25) is 0 Å². The van der Waals surface area contributed by atoms with Gasteiger partial charge in [-0.3, -0.25) is 4.79 Å². The number of carbonyl (C=O) groups is 1. The Labute approximate surface area is 142 Å². The Morgan fingerprint density at radius 1 is 1.24 bits per heavy atom. The van der Waals surface area contributed by atoms with Gasteiger partial charge in [-0.1, -0.05) is 29.8 Å². The standard InChI is InChI=1S/C14H8BrClN2OS2/c15-11-6-5-8(20-11)7-17-18-14(19)13-12(16)9-3-1-2-4-10(9)21-13/h1-7H,(H,18,19)/b17-7-. The molecule has 3 nitrogen and oxygen atoms in total. The zero-order valence-corrected chi connectivity index (χ0v) is 14.4. The van der Waals surface area contributed by atoms with E-state index in [9.17, 15) is 4.79 Å². The monoisotopic (exact) mass is 398 g/mol. The molecule has 0 bridgehead atoms. The molecule has 7 heteroatoms. The van der Waals surface area contributed by atoms with Gasteiger partial charge in [0.15, 0.2) is 0 Å². The van der Waals surface area contributed by atoms with Crippen LogP contribution in [0, 0.1) is 0 Å². The predicted molar refractivity (Wildman–Crippen MR) is 93.9 cm³/mol. The van der Waals surface area contributed by atoms with Gasteiger partial charge < -0.3 is 0 Å². The summed E-state index contributed by atoms with van der Waals surface area (Å²) in [6, 6.07) is 11.5. The van der Waals surface area contributed by atoms with Crippen LogP contribution in [0.5, 0.6) is 0 Å². The molecule has 2 aromatic heterocycles. The van der Waals surface area contributed by atoms with Gasteiger partial charge in [-0.05, 0) is 34.1 Å². The van der Waals surface area contributed by atoms with E-state index in [4.69, 9.17) is 11.6 Å². The molecule has 0 saturated carbocycles. The Kier molecular flexibility index (Phi) is 4.40. The predicted octanol–water partition coefficient (Wildman–Crippen LogP) is 5.14. The van der Waals surface area contributed by atoms with Crippen molar-refractivity contribution in [1.82, 2.24) is 5.43 Å². The number of hydrogen-bond acceptors (Lipinski definition) is 4. The number of nitrogens with zero attached hydrogens (tertiary/aromatic N) is 1. The second kappa shape index (κ2) is 6.27. The SMILES string of the molecule is O=C(N/N=C\c1ccc(Br)s1)c1sc2ccccc2c1Cl. The maximum Gasteiger partial charge on any atom is 0.283 e. The molecule has 1 N–H and O–H groups in total. The molecule has 0 aliphatic rings. The van der Waals surface area contributed by atoms with Crippen LogP contribution in [0.3, 0.4) is 0 Å². The first-order valence-corrected chi connectivity index (χ1v) is 8.71. The summed E-state index contributed by atoms with van der Waals surface area (Å²) in [7, 11) is 0. The molecule has 0 aliphatic heterocycles. The van der Waals surface area contributed by atoms with Gasteiger partial charge in [0.05, 0.1) is 15.0 Å². The minimum atomic E-state index is -0.298. The highest BCUT2D eigenvalue weighted by Gasteiger charge is 2.16. The van der Waals surface area contributed by atoms with E-state index in [0.29, 0.717) is 9.90 Å². The molecule has 0 unspecified atom stereocenters. The highest BCUT2D eigenvalue weighted by Crippen LogP contribution is 2.34. The normalized spacial score (nSPS) is 11.3. The lowest BCUT2D eigenvalue weighted by Crippen LogP contribution is -2.16. The summed E-state index contributed by atoms with van der Waals surface area (Å²) in [5.74, 6) is -0.298. The van der Waals surface area contributed by atoms with Crippen molar-refractivity contribution in [2.75, 3.05) is 0 Å². The van der Waals surface area contributed by atoms with Crippen LogP contribution in [0.15, 0.2) is 45.3 Å². The summed E-state index contributed by atoms with van der Waals surface area (Å²) in [5.41, 5.74) is 2.51. The smallest absolute Gasteiger partial charge is 0.266 e. The van der Waals surface area contributed by atoms with E-state index >= 15 is 0 Å². The second-order valence-corrected chi connectivity index (χ2v) is 8.01. The molecule has 3 aromatic rings. The number of thiophene rings is 2. The van der Waals surface area contributed by atoms with Crippen molar-refractivity contribution in [2.24, 2.45) is 5.10 Å². The van der Waals surface area contributed by atoms with Gasteiger partial charge in [0, 0.05) is 15.0 Å². The second-order valence-electron chi connectivity index (χ2n) is 4.08. The number of carbonyl (C=O) groups excluding carboxylic acids is 1. The van der Waals surface area contributed by atoms with Gasteiger partial charge in [-0.2, -0.15) is 5.10 Å². The Balaban J connectivity index is 1.78. The molecule has 1 aromatic carbocycles. The zero-order valence-electron chi connectivity index (χ0n) is 10.5. The average Bonchev–Trinajstić information content (AvgIpc) is 3.03. The molecule has 0 atom stereocenters. The molecule has 1 amide bonds. The Morgan fingerprint density at radius 2 is 2.05 bits per heavy atom. The van der Waals surface area contributed by atoms with Crippen LogP contribution in [0.1, 0.15) is 14.5 Å². The number of hydrazone groups is 1. The molecule has 0 aliphatic carbocycles. The Hall–Kier alpha value is -1.21. The number of benzene rings is 1. The van der Waals surface area contributed by atoms with E-state index in [1.165, 1.54) is 22.7 Å². The van der Waals surface area contributed by atoms with Gasteiger partial charge in [-0.15, -0.1) is 22.7 Å². The molecule has 21 heavy (non-hydrogen) atoms. The van der Waals surface area contributed by atoms with Crippen molar-refractivity contribution < 1.29 is 4.79 Å². The molecule has 106 valence electrons. The van der Waals surface area contributed by atoms with Crippen LogP contribution in [-0.2, 0) is 0 Å². The Morgan fingerprint density at radius 3 is 2.76 bits per heavy atom. The summed E-state index contributed by atoms with van der Waals surface area (Å²) in [6.45, 7) is 0. The first-order valence-electron chi connectivity index (χ1n) is 5.91. The topological polar surface area (TPSA) is 41.5 Å². The molecule has 0 fully saturated rings. The number of amides is 1. The third-order valence-corrected chi connectivity index (χ3v) is 5.93. The van der Waals surface area contributed by atoms with Gasteiger partial charge in [-0.25, -0.2) is 5.43 Å². The van der Waals surface area contributed by atoms with E-state index in [1.807, 2.05) is 36.4 Å². The number of nitrogens with one attached hydrogen (secondary N) is 1. The van der Waals surface area contributed by atoms with Crippen LogP contribution in [0.25, 0.3) is 10.1 Å². The van der Waals surface area contributed by atoms with E-state index in [2.05, 4.69) is 26.5 Å². The van der Waals surface area contributed by atoms with Gasteiger partial charge >= 0.3 is 0 Å². The van der Waals surface area contributed by atoms with Crippen LogP contribution >= 0.6 is 50.2 Å². The Bertz CT molecular complexity index is 840. The van der Waals surface area contributed by atoms with Gasteiger partial charge in [0.25, 0.3) is 5.91 Å². The summed E-state index contributed by atoms with van der Waals surface area (Å²) in [5, 5.41) is 5.32. The van der Waals surface area contributed by atoms with Crippen molar-refractivity contribution in [1.29, 1.82) is 0 Å². The lowest BCUT2D eigenvalue weighted by Gasteiger charge is -1.96. The summed E-state index contributed by atoms with van der Waals surface area (Å²) >= 11 is 12.5.